The molecule has 1 unspecified atom stereocenters. The van der Waals surface area contributed by atoms with Crippen LogP contribution < -0.4 is 4.72 Å². The van der Waals surface area contributed by atoms with Crippen LogP contribution in [0.1, 0.15) is 34.6 Å². The predicted octanol–water partition coefficient (Wildman–Crippen LogP) is 1.46. The number of methoxy groups -OCH3 is 1. The monoisotopic (exact) mass is 207 g/mol. The molecule has 0 bridgehead atoms. The van der Waals surface area contributed by atoms with Gasteiger partial charge in [0, 0.05) is 18.5 Å². The summed E-state index contributed by atoms with van der Waals surface area (Å²) < 4.78 is 19.5. The fourth-order valence-corrected chi connectivity index (χ4v) is 1.44. The molecule has 0 aliphatic rings. The summed E-state index contributed by atoms with van der Waals surface area (Å²) in [4.78, 5) is 0. The molecule has 1 N–H and O–H groups in total. The van der Waals surface area contributed by atoms with Gasteiger partial charge in [-0.25, -0.2) is 0 Å². The number of hydrogen-bond acceptors (Lipinski definition) is 3. The molecule has 0 radical (unpaired) electrons. The van der Waals surface area contributed by atoms with Crippen molar-refractivity contribution in [2.45, 2.75) is 45.0 Å². The lowest BCUT2D eigenvalue weighted by atomic mass is 10.1. The molecule has 0 aromatic heterocycles. The van der Waals surface area contributed by atoms with Crippen LogP contribution in [0.15, 0.2) is 0 Å². The van der Waals surface area contributed by atoms with Crippen LogP contribution in [0.3, 0.4) is 0 Å². The first kappa shape index (κ1) is 13.2. The van der Waals surface area contributed by atoms with Gasteiger partial charge in [-0.05, 0) is 34.6 Å². The summed E-state index contributed by atoms with van der Waals surface area (Å²) in [5.41, 5.74) is -0.263. The summed E-state index contributed by atoms with van der Waals surface area (Å²) in [5, 5.41) is 0. The van der Waals surface area contributed by atoms with Crippen LogP contribution >= 0.6 is 0 Å². The molecule has 1 atom stereocenters. The van der Waals surface area contributed by atoms with Crippen molar-refractivity contribution in [3.63, 3.8) is 0 Å². The summed E-state index contributed by atoms with van der Waals surface area (Å²) in [6.07, 6.45) is 0. The summed E-state index contributed by atoms with van der Waals surface area (Å²) in [6.45, 7) is 10.3. The first-order valence-corrected chi connectivity index (χ1v) is 5.54. The van der Waals surface area contributed by atoms with Crippen LogP contribution in [0.2, 0.25) is 0 Å². The van der Waals surface area contributed by atoms with E-state index in [9.17, 15) is 4.55 Å². The second-order valence-electron chi connectivity index (χ2n) is 4.67. The van der Waals surface area contributed by atoms with E-state index in [4.69, 9.17) is 4.74 Å². The fourth-order valence-electron chi connectivity index (χ4n) is 0.528. The minimum atomic E-state index is -1.02. The zero-order valence-electron chi connectivity index (χ0n) is 9.43. The third kappa shape index (κ3) is 5.52. The van der Waals surface area contributed by atoms with Gasteiger partial charge in [0.1, 0.15) is 4.75 Å². The first-order chi connectivity index (χ1) is 5.69. The molecule has 0 aliphatic heterocycles. The number of hydrogen-bond donors (Lipinski definition) is 1. The summed E-state index contributed by atoms with van der Waals surface area (Å²) in [6, 6.07) is 0. The van der Waals surface area contributed by atoms with Crippen molar-refractivity contribution in [3.05, 3.63) is 0 Å². The Bertz CT molecular complexity index is 154. The molecule has 0 aliphatic carbocycles. The maximum atomic E-state index is 11.6. The Morgan fingerprint density at radius 1 is 1.23 bits per heavy atom. The average molecular weight is 207 g/mol. The normalized spacial score (nSPS) is 15.9. The summed E-state index contributed by atoms with van der Waals surface area (Å²) in [7, 11) is 1.65. The highest BCUT2D eigenvalue weighted by molar-refractivity contribution is 7.90. The number of ether oxygens (including phenoxy) is 1. The van der Waals surface area contributed by atoms with E-state index in [-0.39, 0.29) is 10.3 Å². The lowest BCUT2D eigenvalue weighted by Gasteiger charge is -2.28. The highest BCUT2D eigenvalue weighted by Gasteiger charge is 2.28. The van der Waals surface area contributed by atoms with Gasteiger partial charge >= 0.3 is 0 Å². The van der Waals surface area contributed by atoms with Gasteiger partial charge in [0.15, 0.2) is 0 Å². The van der Waals surface area contributed by atoms with Gasteiger partial charge in [-0.3, -0.25) is 0 Å². The van der Waals surface area contributed by atoms with Crippen molar-refractivity contribution in [3.8, 4) is 0 Å². The van der Waals surface area contributed by atoms with Gasteiger partial charge in [0.05, 0.1) is 12.1 Å². The van der Waals surface area contributed by atoms with Gasteiger partial charge in [-0.15, -0.1) is 4.72 Å². The average Bonchev–Trinajstić information content (AvgIpc) is 1.98. The standard InChI is InChI=1S/C9H21NO2S/c1-8(2,3)13(11)10-7-9(4,5)12-6/h10H,7H2,1-6H3. The predicted molar refractivity (Wildman–Crippen MR) is 57.0 cm³/mol. The Kier molecular flexibility index (Phi) is 4.72. The van der Waals surface area contributed by atoms with Gasteiger partial charge in [0.2, 0.25) is 0 Å². The third-order valence-electron chi connectivity index (χ3n) is 1.74. The lowest BCUT2D eigenvalue weighted by molar-refractivity contribution is 0.0275. The van der Waals surface area contributed by atoms with E-state index in [2.05, 4.69) is 4.72 Å². The summed E-state index contributed by atoms with van der Waals surface area (Å²) in [5.74, 6) is 0. The third-order valence-corrected chi connectivity index (χ3v) is 3.26. The smallest absolute Gasteiger partial charge is 0.136 e. The van der Waals surface area contributed by atoms with Crippen LogP contribution in [0.4, 0.5) is 0 Å². The molecule has 4 heteroatoms. The van der Waals surface area contributed by atoms with Crippen molar-refractivity contribution < 1.29 is 9.29 Å². The molecule has 0 aromatic carbocycles. The van der Waals surface area contributed by atoms with Gasteiger partial charge < -0.3 is 9.29 Å². The molecule has 80 valence electrons. The van der Waals surface area contributed by atoms with E-state index in [1.165, 1.54) is 0 Å². The molecule has 0 heterocycles. The van der Waals surface area contributed by atoms with Crippen LogP contribution in [-0.2, 0) is 16.1 Å². The molecule has 0 amide bonds. The van der Waals surface area contributed by atoms with Gasteiger partial charge in [-0.1, -0.05) is 0 Å². The van der Waals surface area contributed by atoms with Crippen molar-refractivity contribution in [1.29, 1.82) is 0 Å². The highest BCUT2D eigenvalue weighted by atomic mass is 32.2. The zero-order chi connectivity index (χ0) is 10.7. The van der Waals surface area contributed by atoms with Crippen LogP contribution in [0.5, 0.6) is 0 Å². The van der Waals surface area contributed by atoms with E-state index < -0.39 is 11.4 Å². The topological polar surface area (TPSA) is 44.3 Å². The molecular formula is C9H21NO2S. The summed E-state index contributed by atoms with van der Waals surface area (Å²) >= 11 is -1.02. The molecule has 0 saturated carbocycles. The van der Waals surface area contributed by atoms with Gasteiger partial charge in [0.25, 0.3) is 0 Å². The van der Waals surface area contributed by atoms with E-state index >= 15 is 0 Å². The second kappa shape index (κ2) is 4.64. The maximum Gasteiger partial charge on any atom is 0.136 e. The minimum absolute atomic E-state index is 0.218. The first-order valence-electron chi connectivity index (χ1n) is 4.39. The second-order valence-corrected chi connectivity index (χ2v) is 6.72. The SMILES string of the molecule is COC(C)(C)CN[S+]([O-])C(C)(C)C. The molecule has 0 aromatic rings. The highest BCUT2D eigenvalue weighted by Crippen LogP contribution is 2.14. The van der Waals surface area contributed by atoms with Crippen molar-refractivity contribution in [1.82, 2.24) is 4.72 Å². The van der Waals surface area contributed by atoms with Crippen LogP contribution in [-0.4, -0.2) is 28.6 Å². The Morgan fingerprint density at radius 2 is 1.69 bits per heavy atom. The van der Waals surface area contributed by atoms with E-state index in [0.717, 1.165) is 0 Å². The maximum absolute atomic E-state index is 11.6. The quantitative estimate of drug-likeness (QED) is 0.710. The number of nitrogens with one attached hydrogen (secondary N) is 1. The molecular weight excluding hydrogens is 186 g/mol. The van der Waals surface area contributed by atoms with Crippen molar-refractivity contribution in [2.24, 2.45) is 0 Å². The Labute approximate surface area is 84.6 Å². The lowest BCUT2D eigenvalue weighted by Crippen LogP contribution is -2.46. The Balaban J connectivity index is 3.90. The zero-order valence-corrected chi connectivity index (χ0v) is 10.2. The van der Waals surface area contributed by atoms with E-state index in [0.29, 0.717) is 6.54 Å². The Hall–Kier alpha value is 0.230. The molecule has 13 heavy (non-hydrogen) atoms. The minimum Gasteiger partial charge on any atom is -0.598 e. The molecule has 0 spiro atoms. The molecule has 0 saturated heterocycles. The molecule has 3 nitrogen and oxygen atoms in total. The number of rotatable bonds is 4. The largest absolute Gasteiger partial charge is 0.598 e. The van der Waals surface area contributed by atoms with E-state index in [1.54, 1.807) is 7.11 Å². The van der Waals surface area contributed by atoms with Crippen LogP contribution in [0.25, 0.3) is 0 Å². The van der Waals surface area contributed by atoms with Crippen LogP contribution in [0, 0.1) is 0 Å². The molecule has 0 rings (SSSR count). The van der Waals surface area contributed by atoms with Crippen molar-refractivity contribution in [2.75, 3.05) is 13.7 Å². The fraction of sp³-hybridized carbons (Fsp3) is 1.00. The Morgan fingerprint density at radius 3 is 2.00 bits per heavy atom. The molecule has 0 fully saturated rings. The van der Waals surface area contributed by atoms with E-state index in [1.807, 2.05) is 34.6 Å². The van der Waals surface area contributed by atoms with Crippen molar-refractivity contribution >= 4 is 11.4 Å². The van der Waals surface area contributed by atoms with Gasteiger partial charge in [-0.2, -0.15) is 0 Å².